The first kappa shape index (κ1) is 10.1. The van der Waals surface area contributed by atoms with Gasteiger partial charge in [-0.2, -0.15) is 0 Å². The van der Waals surface area contributed by atoms with Crippen LogP contribution in [-0.2, 0) is 6.42 Å². The lowest BCUT2D eigenvalue weighted by Gasteiger charge is -2.08. The minimum Gasteiger partial charge on any atom is -0.396 e. The summed E-state index contributed by atoms with van der Waals surface area (Å²) in [4.78, 5) is 0. The summed E-state index contributed by atoms with van der Waals surface area (Å²) in [5, 5.41) is 8.74. The molecule has 0 unspecified atom stereocenters. The molecule has 0 amide bonds. The van der Waals surface area contributed by atoms with Crippen LogP contribution in [0.3, 0.4) is 0 Å². The molecule has 0 heterocycles. The molecule has 1 rings (SSSR count). The van der Waals surface area contributed by atoms with Crippen LogP contribution in [0.5, 0.6) is 0 Å². The van der Waals surface area contributed by atoms with Crippen molar-refractivity contribution in [2.24, 2.45) is 5.92 Å². The minimum absolute atomic E-state index is 0.0179. The molecule has 0 aromatic heterocycles. The summed E-state index contributed by atoms with van der Waals surface area (Å²) in [6.07, 6.45) is 0.361. The first-order chi connectivity index (χ1) is 6.13. The zero-order chi connectivity index (χ0) is 9.84. The number of aliphatic hydroxyl groups excluding tert-OH is 1. The molecule has 0 spiro atoms. The third kappa shape index (κ3) is 2.77. The molecule has 0 radical (unpaired) electrons. The van der Waals surface area contributed by atoms with Gasteiger partial charge >= 0.3 is 0 Å². The Bertz CT molecular complexity index is 286. The first-order valence-corrected chi connectivity index (χ1v) is 4.18. The molecule has 72 valence electrons. The largest absolute Gasteiger partial charge is 0.396 e. The monoisotopic (exact) mass is 186 g/mol. The van der Waals surface area contributed by atoms with Gasteiger partial charge in [0.15, 0.2) is 0 Å². The van der Waals surface area contributed by atoms with Gasteiger partial charge in [-0.05, 0) is 36.1 Å². The van der Waals surface area contributed by atoms with Gasteiger partial charge in [0.05, 0.1) is 0 Å². The molecule has 0 bridgehead atoms. The van der Waals surface area contributed by atoms with Crippen molar-refractivity contribution in [2.75, 3.05) is 6.61 Å². The Kier molecular flexibility index (Phi) is 3.37. The van der Waals surface area contributed by atoms with Gasteiger partial charge in [0.25, 0.3) is 0 Å². The molecule has 0 fully saturated rings. The fourth-order valence-electron chi connectivity index (χ4n) is 1.14. The van der Waals surface area contributed by atoms with Crippen molar-refractivity contribution in [1.29, 1.82) is 0 Å². The summed E-state index contributed by atoms with van der Waals surface area (Å²) in [6, 6.07) is 3.36. The quantitative estimate of drug-likeness (QED) is 0.766. The van der Waals surface area contributed by atoms with Crippen molar-refractivity contribution in [3.05, 3.63) is 35.4 Å². The summed E-state index contributed by atoms with van der Waals surface area (Å²) in [5.41, 5.74) is 0.321. The number of benzene rings is 1. The second-order valence-electron chi connectivity index (χ2n) is 3.23. The maximum atomic E-state index is 13.0. The van der Waals surface area contributed by atoms with Crippen LogP contribution in [0.2, 0.25) is 0 Å². The third-order valence-corrected chi connectivity index (χ3v) is 1.89. The van der Waals surface area contributed by atoms with Gasteiger partial charge in [-0.15, -0.1) is 0 Å². The van der Waals surface area contributed by atoms with Gasteiger partial charge in [0.1, 0.15) is 11.6 Å². The van der Waals surface area contributed by atoms with E-state index in [1.807, 2.05) is 0 Å². The van der Waals surface area contributed by atoms with Crippen LogP contribution in [0, 0.1) is 17.6 Å². The summed E-state index contributed by atoms with van der Waals surface area (Å²) < 4.78 is 25.7. The Morgan fingerprint density at radius 2 is 2.08 bits per heavy atom. The molecule has 1 N–H and O–H groups in total. The highest BCUT2D eigenvalue weighted by molar-refractivity contribution is 5.19. The average molecular weight is 186 g/mol. The number of hydrogen-bond acceptors (Lipinski definition) is 1. The van der Waals surface area contributed by atoms with Crippen LogP contribution in [-0.4, -0.2) is 11.7 Å². The molecular formula is C10H12F2O. The molecule has 0 aliphatic rings. The number of halogens is 2. The van der Waals surface area contributed by atoms with E-state index in [1.165, 1.54) is 6.07 Å². The van der Waals surface area contributed by atoms with Crippen molar-refractivity contribution < 1.29 is 13.9 Å². The highest BCUT2D eigenvalue weighted by Gasteiger charge is 2.07. The fraction of sp³-hybridized carbons (Fsp3) is 0.400. The van der Waals surface area contributed by atoms with E-state index >= 15 is 0 Å². The van der Waals surface area contributed by atoms with E-state index in [4.69, 9.17) is 5.11 Å². The third-order valence-electron chi connectivity index (χ3n) is 1.89. The SMILES string of the molecule is C[C@H](CO)Cc1cc(F)ccc1F. The van der Waals surface area contributed by atoms with E-state index in [1.54, 1.807) is 6.92 Å². The van der Waals surface area contributed by atoms with E-state index in [2.05, 4.69) is 0 Å². The van der Waals surface area contributed by atoms with Crippen LogP contribution in [0.4, 0.5) is 8.78 Å². The Morgan fingerprint density at radius 3 is 2.69 bits per heavy atom. The predicted octanol–water partition coefficient (Wildman–Crippen LogP) is 2.14. The molecule has 3 heteroatoms. The Morgan fingerprint density at radius 1 is 1.38 bits per heavy atom. The summed E-state index contributed by atoms with van der Waals surface area (Å²) in [7, 11) is 0. The molecule has 1 atom stereocenters. The lowest BCUT2D eigenvalue weighted by molar-refractivity contribution is 0.236. The van der Waals surface area contributed by atoms with Crippen molar-refractivity contribution in [2.45, 2.75) is 13.3 Å². The molecule has 1 nitrogen and oxygen atoms in total. The number of rotatable bonds is 3. The molecule has 0 saturated heterocycles. The van der Waals surface area contributed by atoms with Crippen LogP contribution >= 0.6 is 0 Å². The van der Waals surface area contributed by atoms with E-state index in [9.17, 15) is 8.78 Å². The zero-order valence-electron chi connectivity index (χ0n) is 7.43. The van der Waals surface area contributed by atoms with E-state index in [-0.39, 0.29) is 12.5 Å². The minimum atomic E-state index is -0.443. The van der Waals surface area contributed by atoms with E-state index in [0.29, 0.717) is 12.0 Å². The maximum Gasteiger partial charge on any atom is 0.126 e. The molecule has 0 aliphatic heterocycles. The average Bonchev–Trinajstić information content (AvgIpc) is 2.11. The van der Waals surface area contributed by atoms with Crippen LogP contribution in [0.1, 0.15) is 12.5 Å². The number of aliphatic hydroxyl groups is 1. The summed E-state index contributed by atoms with van der Waals surface area (Å²) in [6.45, 7) is 1.76. The standard InChI is InChI=1S/C10H12F2O/c1-7(6-13)4-8-5-9(11)2-3-10(8)12/h2-3,5,7,13H,4,6H2,1H3/t7-/m0/s1. The van der Waals surface area contributed by atoms with Gasteiger partial charge in [-0.25, -0.2) is 8.78 Å². The van der Waals surface area contributed by atoms with Crippen molar-refractivity contribution in [3.8, 4) is 0 Å². The smallest absolute Gasteiger partial charge is 0.126 e. The maximum absolute atomic E-state index is 13.0. The van der Waals surface area contributed by atoms with Crippen LogP contribution in [0.25, 0.3) is 0 Å². The highest BCUT2D eigenvalue weighted by Crippen LogP contribution is 2.14. The normalized spacial score (nSPS) is 12.9. The fourth-order valence-corrected chi connectivity index (χ4v) is 1.14. The first-order valence-electron chi connectivity index (χ1n) is 4.18. The van der Waals surface area contributed by atoms with Crippen LogP contribution < -0.4 is 0 Å². The van der Waals surface area contributed by atoms with Crippen molar-refractivity contribution in [1.82, 2.24) is 0 Å². The summed E-state index contributed by atoms with van der Waals surface area (Å²) >= 11 is 0. The Labute approximate surface area is 76.0 Å². The van der Waals surface area contributed by atoms with Gasteiger partial charge in [0, 0.05) is 6.61 Å². The van der Waals surface area contributed by atoms with E-state index < -0.39 is 11.6 Å². The lowest BCUT2D eigenvalue weighted by Crippen LogP contribution is -2.06. The predicted molar refractivity (Wildman–Crippen MR) is 46.3 cm³/mol. The number of hydrogen-bond donors (Lipinski definition) is 1. The van der Waals surface area contributed by atoms with Gasteiger partial charge in [0.2, 0.25) is 0 Å². The molecular weight excluding hydrogens is 174 g/mol. The lowest BCUT2D eigenvalue weighted by atomic mass is 10.0. The zero-order valence-corrected chi connectivity index (χ0v) is 7.43. The van der Waals surface area contributed by atoms with Gasteiger partial charge < -0.3 is 5.11 Å². The molecule has 0 aliphatic carbocycles. The van der Waals surface area contributed by atoms with Gasteiger partial charge in [-0.1, -0.05) is 6.92 Å². The Balaban J connectivity index is 2.81. The second kappa shape index (κ2) is 4.33. The second-order valence-corrected chi connectivity index (χ2v) is 3.23. The highest BCUT2D eigenvalue weighted by atomic mass is 19.1. The van der Waals surface area contributed by atoms with Crippen molar-refractivity contribution >= 4 is 0 Å². The molecule has 1 aromatic rings. The van der Waals surface area contributed by atoms with Crippen molar-refractivity contribution in [3.63, 3.8) is 0 Å². The molecule has 0 saturated carbocycles. The molecule has 13 heavy (non-hydrogen) atoms. The van der Waals surface area contributed by atoms with Gasteiger partial charge in [-0.3, -0.25) is 0 Å². The van der Waals surface area contributed by atoms with Crippen LogP contribution in [0.15, 0.2) is 18.2 Å². The Hall–Kier alpha value is -0.960. The molecule has 1 aromatic carbocycles. The van der Waals surface area contributed by atoms with E-state index in [0.717, 1.165) is 12.1 Å². The topological polar surface area (TPSA) is 20.2 Å². The summed E-state index contributed by atoms with van der Waals surface area (Å²) in [5.74, 6) is -0.903.